The van der Waals surface area contributed by atoms with Crippen molar-refractivity contribution in [3.63, 3.8) is 0 Å². The summed E-state index contributed by atoms with van der Waals surface area (Å²) < 4.78 is 19.6. The highest BCUT2D eigenvalue weighted by atomic mass is 32.2. The van der Waals surface area contributed by atoms with Gasteiger partial charge in [0.05, 0.1) is 0 Å². The van der Waals surface area contributed by atoms with Crippen LogP contribution in [0.3, 0.4) is 0 Å². The second-order valence-corrected chi connectivity index (χ2v) is 2.89. The third kappa shape index (κ3) is 6.38. The van der Waals surface area contributed by atoms with Gasteiger partial charge in [0.1, 0.15) is 10.7 Å². The van der Waals surface area contributed by atoms with Crippen molar-refractivity contribution in [3.8, 4) is 0 Å². The van der Waals surface area contributed by atoms with Gasteiger partial charge < -0.3 is 0 Å². The molecule has 0 heterocycles. The fraction of sp³-hybridized carbons (Fsp3) is 1.00. The molecule has 0 spiro atoms. The summed E-state index contributed by atoms with van der Waals surface area (Å²) in [5.41, 5.74) is 0. The Morgan fingerprint density at radius 3 is 2.14 bits per heavy atom. The summed E-state index contributed by atoms with van der Waals surface area (Å²) in [5, 5.41) is 0. The van der Waals surface area contributed by atoms with Gasteiger partial charge in [-0.2, -0.15) is 0 Å². The molecule has 1 atom stereocenters. The molecule has 0 fully saturated rings. The van der Waals surface area contributed by atoms with Gasteiger partial charge in [-0.1, -0.05) is 0 Å². The van der Waals surface area contributed by atoms with Crippen molar-refractivity contribution in [2.45, 2.75) is 6.42 Å². The molecule has 0 radical (unpaired) electrons. The molecule has 0 bridgehead atoms. The lowest BCUT2D eigenvalue weighted by Crippen LogP contribution is -1.86. The predicted molar refractivity (Wildman–Crippen MR) is 34.4 cm³/mol. The van der Waals surface area contributed by atoms with Crippen LogP contribution in [-0.2, 0) is 10.7 Å². The monoisotopic (exact) mass is 140 g/mol. The molecule has 0 aliphatic rings. The van der Waals surface area contributed by atoms with Crippen LogP contribution in [0.25, 0.3) is 0 Å². The molecular weight excluding hydrogens is 131 g/mol. The Morgan fingerprint density at radius 1 is 1.43 bits per heavy atom. The summed E-state index contributed by atoms with van der Waals surface area (Å²) in [7, 11) is 0.358. The van der Waals surface area contributed by atoms with E-state index in [-0.39, 0.29) is 0 Å². The normalized spacial score (nSPS) is 10.0. The lowest BCUT2D eigenvalue weighted by Gasteiger charge is -1.81. The quantitative estimate of drug-likeness (QED) is 0.437. The Balaban J connectivity index is 2.98. The number of hydrogen-bond donors (Lipinski definition) is 1. The Labute approximate surface area is 47.5 Å². The molecule has 0 saturated carbocycles. The molecule has 4 heteroatoms. The highest BCUT2D eigenvalue weighted by Gasteiger charge is 1.81. The second-order valence-electron chi connectivity index (χ2n) is 1.20. The topological polar surface area (TPSA) is 34.1 Å². The van der Waals surface area contributed by atoms with Gasteiger partial charge in [-0.05, 0) is 12.6 Å². The fourth-order valence-corrected chi connectivity index (χ4v) is 1.21. The first-order chi connectivity index (χ1) is 3.27. The van der Waals surface area contributed by atoms with Gasteiger partial charge in [0, 0.05) is 5.75 Å². The summed E-state index contributed by atoms with van der Waals surface area (Å²) in [5.74, 6) is 0.332. The summed E-state index contributed by atoms with van der Waals surface area (Å²) in [4.78, 5) is 0. The SMILES string of the molecule is O=[SH](=O)CCCP. The van der Waals surface area contributed by atoms with E-state index in [1.165, 1.54) is 0 Å². The van der Waals surface area contributed by atoms with E-state index in [9.17, 15) is 8.42 Å². The van der Waals surface area contributed by atoms with E-state index in [0.29, 0.717) is 5.75 Å². The molecule has 0 amide bonds. The van der Waals surface area contributed by atoms with E-state index in [1.807, 2.05) is 0 Å². The zero-order valence-corrected chi connectivity index (χ0v) is 6.01. The molecule has 0 N–H and O–H groups in total. The molecule has 0 aromatic carbocycles. The third-order valence-electron chi connectivity index (χ3n) is 0.545. The van der Waals surface area contributed by atoms with Crippen LogP contribution < -0.4 is 0 Å². The van der Waals surface area contributed by atoms with Gasteiger partial charge >= 0.3 is 0 Å². The molecule has 0 aromatic heterocycles. The first-order valence-electron chi connectivity index (χ1n) is 2.09. The maximum Gasteiger partial charge on any atom is 0.140 e. The van der Waals surface area contributed by atoms with Crippen molar-refractivity contribution in [2.24, 2.45) is 0 Å². The average Bonchev–Trinajstić information content (AvgIpc) is 1.61. The van der Waals surface area contributed by atoms with Crippen LogP contribution >= 0.6 is 9.24 Å². The Kier molecular flexibility index (Phi) is 4.78. The van der Waals surface area contributed by atoms with Crippen LogP contribution in [0, 0.1) is 0 Å². The maximum atomic E-state index is 9.79. The Bertz CT molecular complexity index is 91.1. The molecule has 0 aliphatic heterocycles. The van der Waals surface area contributed by atoms with E-state index >= 15 is 0 Å². The van der Waals surface area contributed by atoms with Gasteiger partial charge in [0.15, 0.2) is 0 Å². The lowest BCUT2D eigenvalue weighted by molar-refractivity contribution is 0.613. The molecule has 44 valence electrons. The number of thiol groups is 1. The fourth-order valence-electron chi connectivity index (χ4n) is 0.220. The van der Waals surface area contributed by atoms with E-state index in [2.05, 4.69) is 9.24 Å². The average molecular weight is 140 g/mol. The van der Waals surface area contributed by atoms with Gasteiger partial charge in [-0.25, -0.2) is 8.42 Å². The molecule has 0 aliphatic carbocycles. The minimum Gasteiger partial charge on any atom is -0.232 e. The van der Waals surface area contributed by atoms with Crippen LogP contribution in [0.4, 0.5) is 0 Å². The summed E-state index contributed by atoms with van der Waals surface area (Å²) in [6, 6.07) is 0. The lowest BCUT2D eigenvalue weighted by atomic mass is 10.6. The molecule has 2 nitrogen and oxygen atoms in total. The van der Waals surface area contributed by atoms with Crippen molar-refractivity contribution in [1.82, 2.24) is 0 Å². The van der Waals surface area contributed by atoms with Crippen LogP contribution in [0.2, 0.25) is 0 Å². The molecule has 0 saturated heterocycles. The molecule has 7 heavy (non-hydrogen) atoms. The zero-order chi connectivity index (χ0) is 5.70. The van der Waals surface area contributed by atoms with Gasteiger partial charge in [-0.3, -0.25) is 0 Å². The highest BCUT2D eigenvalue weighted by Crippen LogP contribution is 1.85. The highest BCUT2D eigenvalue weighted by molar-refractivity contribution is 7.72. The van der Waals surface area contributed by atoms with Gasteiger partial charge in [0.2, 0.25) is 0 Å². The Hall–Kier alpha value is 0.380. The molecular formula is C3H9O2PS. The van der Waals surface area contributed by atoms with Gasteiger partial charge in [-0.15, -0.1) is 9.24 Å². The van der Waals surface area contributed by atoms with Crippen LogP contribution in [-0.4, -0.2) is 20.3 Å². The summed E-state index contributed by atoms with van der Waals surface area (Å²) in [6.07, 6.45) is 1.65. The third-order valence-corrected chi connectivity index (χ3v) is 1.63. The van der Waals surface area contributed by atoms with Crippen molar-refractivity contribution in [3.05, 3.63) is 0 Å². The maximum absolute atomic E-state index is 9.79. The summed E-state index contributed by atoms with van der Waals surface area (Å²) >= 11 is 0. The first-order valence-corrected chi connectivity index (χ1v) is 4.27. The number of hydrogen-bond acceptors (Lipinski definition) is 2. The molecule has 0 aromatic rings. The predicted octanol–water partition coefficient (Wildman–Crippen LogP) is -0.137. The van der Waals surface area contributed by atoms with Gasteiger partial charge in [0.25, 0.3) is 0 Å². The second kappa shape index (κ2) is 4.54. The standard InChI is InChI=1S/C3H9O2PS/c4-7(5)3-1-2-6/h7H,1-3,6H2. The smallest absolute Gasteiger partial charge is 0.140 e. The molecule has 1 unspecified atom stereocenters. The largest absolute Gasteiger partial charge is 0.232 e. The number of rotatable bonds is 3. The minimum absolute atomic E-state index is 0.332. The van der Waals surface area contributed by atoms with E-state index in [1.54, 1.807) is 0 Å². The van der Waals surface area contributed by atoms with E-state index in [0.717, 1.165) is 12.6 Å². The molecule has 0 rings (SSSR count). The van der Waals surface area contributed by atoms with Crippen LogP contribution in [0.15, 0.2) is 0 Å². The van der Waals surface area contributed by atoms with E-state index < -0.39 is 10.7 Å². The van der Waals surface area contributed by atoms with Crippen molar-refractivity contribution in [2.75, 3.05) is 11.9 Å². The zero-order valence-electron chi connectivity index (χ0n) is 3.96. The van der Waals surface area contributed by atoms with Crippen LogP contribution in [0.1, 0.15) is 6.42 Å². The Morgan fingerprint density at radius 2 is 2.00 bits per heavy atom. The van der Waals surface area contributed by atoms with Crippen molar-refractivity contribution in [1.29, 1.82) is 0 Å². The van der Waals surface area contributed by atoms with Crippen molar-refractivity contribution >= 4 is 19.9 Å². The van der Waals surface area contributed by atoms with E-state index in [4.69, 9.17) is 0 Å². The van der Waals surface area contributed by atoms with Crippen molar-refractivity contribution < 1.29 is 8.42 Å². The van der Waals surface area contributed by atoms with Crippen LogP contribution in [0.5, 0.6) is 0 Å². The summed E-state index contributed by atoms with van der Waals surface area (Å²) in [6.45, 7) is 0. The first kappa shape index (κ1) is 7.38. The minimum atomic E-state index is -2.12.